The van der Waals surface area contributed by atoms with Crippen LogP contribution in [0.15, 0.2) is 90.1 Å². The Labute approximate surface area is 325 Å². The van der Waals surface area contributed by atoms with Crippen LogP contribution in [0.5, 0.6) is 11.5 Å². The second-order valence-electron chi connectivity index (χ2n) is 15.7. The highest BCUT2D eigenvalue weighted by Crippen LogP contribution is 2.46. The third-order valence-corrected chi connectivity index (χ3v) is 12.4. The fourth-order valence-electron chi connectivity index (χ4n) is 7.16. The topological polar surface area (TPSA) is 186 Å². The molecule has 14 nitrogen and oxygen atoms in total. The standard InChI is InChI=1S/C41H45N5O9S/c1-6-25-22-41(25,39(50)45-56(51,52)28-15-16-28)44-36(47)32-20-27(23-46(32)38(49)35(40(2,3)4)43-37(48)33-13-10-18-54-33)55-34-21-30(24-11-8-7-9-12-24)42-31-19-26(53-5)14-17-29(31)34/h6-14,17-19,21,25,27-28,32,35H,1,15-16,20,22-23H2,2-5H3,(H,43,48)(H,44,47)(H,45,50)/t25-,27-,32?,35-,41-/m1/s1. The average Bonchev–Trinajstić information content (AvgIpc) is 4.04. The van der Waals surface area contributed by atoms with Gasteiger partial charge in [-0.1, -0.05) is 57.2 Å². The summed E-state index contributed by atoms with van der Waals surface area (Å²) in [5.41, 5.74) is -0.319. The van der Waals surface area contributed by atoms with Gasteiger partial charge in [0.25, 0.3) is 11.8 Å². The molecule has 2 aliphatic carbocycles. The third kappa shape index (κ3) is 7.72. The second kappa shape index (κ2) is 14.8. The zero-order valence-electron chi connectivity index (χ0n) is 31.6. The highest BCUT2D eigenvalue weighted by molar-refractivity contribution is 7.91. The van der Waals surface area contributed by atoms with Gasteiger partial charge in [0.15, 0.2) is 5.76 Å². The molecule has 0 bridgehead atoms. The summed E-state index contributed by atoms with van der Waals surface area (Å²) >= 11 is 0. The summed E-state index contributed by atoms with van der Waals surface area (Å²) in [6.07, 6.45) is 3.16. The number of benzene rings is 2. The van der Waals surface area contributed by atoms with Crippen molar-refractivity contribution in [1.29, 1.82) is 0 Å². The minimum Gasteiger partial charge on any atom is -0.497 e. The lowest BCUT2D eigenvalue weighted by atomic mass is 9.85. The van der Waals surface area contributed by atoms with Crippen molar-refractivity contribution in [2.75, 3.05) is 13.7 Å². The summed E-state index contributed by atoms with van der Waals surface area (Å²) in [4.78, 5) is 62.2. The molecule has 4 aromatic rings. The van der Waals surface area contributed by atoms with E-state index >= 15 is 0 Å². The van der Waals surface area contributed by atoms with Gasteiger partial charge in [0.05, 0.1) is 36.4 Å². The van der Waals surface area contributed by atoms with Crippen LogP contribution >= 0.6 is 0 Å². The first-order valence-electron chi connectivity index (χ1n) is 18.5. The number of sulfonamides is 1. The van der Waals surface area contributed by atoms with E-state index in [1.165, 1.54) is 23.3 Å². The van der Waals surface area contributed by atoms with Gasteiger partial charge in [-0.25, -0.2) is 13.4 Å². The molecule has 1 saturated heterocycles. The molecule has 3 aliphatic rings. The predicted octanol–water partition coefficient (Wildman–Crippen LogP) is 4.37. The van der Waals surface area contributed by atoms with Gasteiger partial charge in [0, 0.05) is 35.4 Å². The smallest absolute Gasteiger partial charge is 0.287 e. The van der Waals surface area contributed by atoms with Crippen molar-refractivity contribution < 1.29 is 41.5 Å². The second-order valence-corrected chi connectivity index (χ2v) is 17.6. The molecule has 3 fully saturated rings. The van der Waals surface area contributed by atoms with Crippen LogP contribution in [0.1, 0.15) is 57.0 Å². The summed E-state index contributed by atoms with van der Waals surface area (Å²) in [7, 11) is -2.35. The molecule has 3 N–H and O–H groups in total. The summed E-state index contributed by atoms with van der Waals surface area (Å²) in [5, 5.41) is 5.63. The van der Waals surface area contributed by atoms with E-state index in [1.807, 2.05) is 42.5 Å². The number of carbonyl (C=O) groups excluding carboxylic acids is 4. The number of pyridine rings is 1. The molecule has 3 heterocycles. The number of nitrogens with zero attached hydrogens (tertiary/aromatic N) is 2. The van der Waals surface area contributed by atoms with E-state index in [0.717, 1.165) is 5.56 Å². The van der Waals surface area contributed by atoms with Gasteiger partial charge in [-0.2, -0.15) is 0 Å². The minimum absolute atomic E-state index is 0.0118. The van der Waals surface area contributed by atoms with Crippen molar-refractivity contribution in [1.82, 2.24) is 25.2 Å². The maximum Gasteiger partial charge on any atom is 0.287 e. The number of furan rings is 1. The van der Waals surface area contributed by atoms with Crippen LogP contribution in [0.3, 0.4) is 0 Å². The SMILES string of the molecule is C=C[C@@H]1C[C@]1(NC(=O)C1C[C@@H](Oc2cc(-c3ccccc3)nc3cc(OC)ccc23)CN1C(=O)[C@@H](NC(=O)c1ccco1)C(C)(C)C)C(=O)NS(=O)(=O)C1CC1. The van der Waals surface area contributed by atoms with Crippen LogP contribution in [-0.4, -0.2) is 84.6 Å². The number of hydrogen-bond donors (Lipinski definition) is 3. The van der Waals surface area contributed by atoms with E-state index in [2.05, 4.69) is 21.9 Å². The van der Waals surface area contributed by atoms with Crippen LogP contribution in [-0.2, 0) is 24.4 Å². The van der Waals surface area contributed by atoms with Gasteiger partial charge in [-0.15, -0.1) is 6.58 Å². The molecule has 1 unspecified atom stereocenters. The Bertz CT molecular complexity index is 2290. The number of nitrogens with one attached hydrogen (secondary N) is 3. The number of rotatable bonds is 13. The van der Waals surface area contributed by atoms with E-state index in [-0.39, 0.29) is 25.1 Å². The zero-order valence-corrected chi connectivity index (χ0v) is 32.4. The van der Waals surface area contributed by atoms with Crippen molar-refractivity contribution in [3.05, 3.63) is 91.4 Å². The van der Waals surface area contributed by atoms with E-state index < -0.39 is 74.0 Å². The molecule has 1 aliphatic heterocycles. The molecule has 56 heavy (non-hydrogen) atoms. The Hall–Kier alpha value is -5.70. The largest absolute Gasteiger partial charge is 0.497 e. The zero-order chi connectivity index (χ0) is 40.0. The normalized spacial score (nSPS) is 22.5. The van der Waals surface area contributed by atoms with Gasteiger partial charge < -0.3 is 29.4 Å². The number of ether oxygens (including phenoxy) is 2. The summed E-state index contributed by atoms with van der Waals surface area (Å²) in [6, 6.07) is 17.5. The number of aromatic nitrogens is 1. The fourth-order valence-corrected chi connectivity index (χ4v) is 8.52. The molecule has 4 amide bonds. The lowest BCUT2D eigenvalue weighted by Gasteiger charge is -2.35. The quantitative estimate of drug-likeness (QED) is 0.165. The molecule has 0 radical (unpaired) electrons. The average molecular weight is 784 g/mol. The molecule has 7 rings (SSSR count). The van der Waals surface area contributed by atoms with Crippen LogP contribution in [0.4, 0.5) is 0 Å². The first-order valence-corrected chi connectivity index (χ1v) is 20.0. The molecule has 2 aromatic carbocycles. The Kier molecular flexibility index (Phi) is 10.2. The van der Waals surface area contributed by atoms with E-state index in [9.17, 15) is 27.6 Å². The summed E-state index contributed by atoms with van der Waals surface area (Å²) < 4.78 is 45.1. The van der Waals surface area contributed by atoms with Crippen molar-refractivity contribution >= 4 is 44.6 Å². The molecule has 0 spiro atoms. The molecule has 2 saturated carbocycles. The van der Waals surface area contributed by atoms with Crippen LogP contribution < -0.4 is 24.8 Å². The molecular formula is C41H45N5O9S. The number of likely N-dealkylation sites (tertiary alicyclic amines) is 1. The Morgan fingerprint density at radius 1 is 1.05 bits per heavy atom. The minimum atomic E-state index is -3.92. The number of fused-ring (bicyclic) bond motifs is 1. The number of carbonyl (C=O) groups is 4. The van der Waals surface area contributed by atoms with Gasteiger partial charge in [-0.3, -0.25) is 23.9 Å². The van der Waals surface area contributed by atoms with Gasteiger partial charge in [0.2, 0.25) is 21.8 Å². The maximum atomic E-state index is 14.7. The molecular weight excluding hydrogens is 739 g/mol. The highest BCUT2D eigenvalue weighted by Gasteiger charge is 2.62. The van der Waals surface area contributed by atoms with Gasteiger partial charge >= 0.3 is 0 Å². The Balaban J connectivity index is 1.22. The molecule has 5 atom stereocenters. The lowest BCUT2D eigenvalue weighted by molar-refractivity contribution is -0.142. The monoisotopic (exact) mass is 783 g/mol. The first-order chi connectivity index (χ1) is 26.6. The van der Waals surface area contributed by atoms with Gasteiger partial charge in [-0.05, 0) is 48.9 Å². The van der Waals surface area contributed by atoms with Crippen LogP contribution in [0, 0.1) is 11.3 Å². The first kappa shape index (κ1) is 38.6. The van der Waals surface area contributed by atoms with Crippen molar-refractivity contribution in [3.63, 3.8) is 0 Å². The van der Waals surface area contributed by atoms with Gasteiger partial charge in [0.1, 0.15) is 35.2 Å². The summed E-state index contributed by atoms with van der Waals surface area (Å²) in [6.45, 7) is 9.10. The number of amides is 4. The Morgan fingerprint density at radius 2 is 1.80 bits per heavy atom. The highest BCUT2D eigenvalue weighted by atomic mass is 32.2. The van der Waals surface area contributed by atoms with Crippen molar-refractivity contribution in [3.8, 4) is 22.8 Å². The lowest BCUT2D eigenvalue weighted by Crippen LogP contribution is -2.60. The number of methoxy groups -OCH3 is 1. The molecule has 2 aromatic heterocycles. The number of hydrogen-bond acceptors (Lipinski definition) is 10. The molecule has 294 valence electrons. The summed E-state index contributed by atoms with van der Waals surface area (Å²) in [5.74, 6) is -2.15. The fraction of sp³-hybridized carbons (Fsp3) is 0.390. The van der Waals surface area contributed by atoms with E-state index in [4.69, 9.17) is 18.9 Å². The van der Waals surface area contributed by atoms with E-state index in [0.29, 0.717) is 40.9 Å². The maximum absolute atomic E-state index is 14.7. The molecule has 15 heteroatoms. The predicted molar refractivity (Wildman–Crippen MR) is 207 cm³/mol. The van der Waals surface area contributed by atoms with Crippen LogP contribution in [0.2, 0.25) is 0 Å². The Morgan fingerprint density at radius 3 is 2.43 bits per heavy atom. The van der Waals surface area contributed by atoms with Crippen molar-refractivity contribution in [2.45, 2.75) is 75.4 Å². The third-order valence-electron chi connectivity index (χ3n) is 10.6. The van der Waals surface area contributed by atoms with Crippen molar-refractivity contribution in [2.24, 2.45) is 11.3 Å². The van der Waals surface area contributed by atoms with Crippen LogP contribution in [0.25, 0.3) is 22.2 Å². The van der Waals surface area contributed by atoms with E-state index in [1.54, 1.807) is 46.1 Å².